The number of hydrogen-bond donors (Lipinski definition) is 2. The van der Waals surface area contributed by atoms with Gasteiger partial charge in [-0.1, -0.05) is 12.1 Å². The first-order valence-electron chi connectivity index (χ1n) is 10.3. The average molecular weight is 431 g/mol. The second kappa shape index (κ2) is 9.43. The second-order valence-corrected chi connectivity index (χ2v) is 7.21. The molecule has 1 heterocycles. The van der Waals surface area contributed by atoms with Crippen LogP contribution in [0, 0.1) is 0 Å². The van der Waals surface area contributed by atoms with Crippen molar-refractivity contribution in [1.29, 1.82) is 0 Å². The lowest BCUT2D eigenvalue weighted by Gasteiger charge is -2.15. The summed E-state index contributed by atoms with van der Waals surface area (Å²) in [4.78, 5) is 16.1. The Labute approximate surface area is 186 Å². The minimum Gasteiger partial charge on any atom is -0.497 e. The summed E-state index contributed by atoms with van der Waals surface area (Å²) >= 11 is 0. The number of amides is 1. The van der Waals surface area contributed by atoms with E-state index in [1.165, 1.54) is 0 Å². The van der Waals surface area contributed by atoms with Gasteiger partial charge in [-0.3, -0.25) is 0 Å². The van der Waals surface area contributed by atoms with Gasteiger partial charge in [-0.15, -0.1) is 0 Å². The molecule has 0 unspecified atom stereocenters. The van der Waals surface area contributed by atoms with Gasteiger partial charge in [0, 0.05) is 29.9 Å². The Kier molecular flexibility index (Phi) is 6.26. The number of carbonyl (C=O) groups is 1. The molecule has 0 saturated carbocycles. The molecule has 4 rings (SSSR count). The molecule has 7 nitrogen and oxygen atoms in total. The third-order valence-electron chi connectivity index (χ3n) is 5.21. The molecule has 1 amide bonds. The van der Waals surface area contributed by atoms with E-state index in [0.29, 0.717) is 13.0 Å². The van der Waals surface area contributed by atoms with Crippen LogP contribution >= 0.6 is 0 Å². The van der Waals surface area contributed by atoms with Gasteiger partial charge in [0.1, 0.15) is 11.5 Å². The second-order valence-electron chi connectivity index (χ2n) is 7.21. The maximum atomic E-state index is 11.3. The minimum absolute atomic E-state index is 0.304. The smallest absolute Gasteiger partial charge is 0.406 e. The minimum atomic E-state index is -0.433. The van der Waals surface area contributed by atoms with Crippen molar-refractivity contribution in [2.75, 3.05) is 33.2 Å². The highest BCUT2D eigenvalue weighted by Gasteiger charge is 2.12. The van der Waals surface area contributed by atoms with Crippen LogP contribution in [-0.2, 0) is 11.2 Å². The molecule has 2 N–H and O–H groups in total. The number of alkyl carbamates (subject to hydrolysis) is 1. The van der Waals surface area contributed by atoms with Gasteiger partial charge in [-0.25, -0.2) is 9.78 Å². The third-order valence-corrected chi connectivity index (χ3v) is 5.21. The SMILES string of the molecule is CNC(=O)OCCc1cccc(Nc2c3cc(OC)ccc3nc3ccc(OC)cc23)c1. The van der Waals surface area contributed by atoms with Gasteiger partial charge in [0.05, 0.1) is 37.5 Å². The van der Waals surface area contributed by atoms with Crippen molar-refractivity contribution >= 4 is 39.3 Å². The molecule has 7 heteroatoms. The van der Waals surface area contributed by atoms with Crippen LogP contribution in [0.4, 0.5) is 16.2 Å². The topological polar surface area (TPSA) is 81.7 Å². The zero-order chi connectivity index (χ0) is 22.5. The van der Waals surface area contributed by atoms with Gasteiger partial charge in [0.15, 0.2) is 0 Å². The van der Waals surface area contributed by atoms with E-state index in [1.54, 1.807) is 21.3 Å². The summed E-state index contributed by atoms with van der Waals surface area (Å²) in [7, 11) is 4.84. The molecule has 0 aliphatic carbocycles. The number of ether oxygens (including phenoxy) is 3. The van der Waals surface area contributed by atoms with Crippen molar-refractivity contribution in [1.82, 2.24) is 10.3 Å². The molecule has 164 valence electrons. The van der Waals surface area contributed by atoms with E-state index in [0.717, 1.165) is 50.2 Å². The fraction of sp³-hybridized carbons (Fsp3) is 0.200. The van der Waals surface area contributed by atoms with Crippen LogP contribution in [0.1, 0.15) is 5.56 Å². The Bertz CT molecular complexity index is 1210. The number of benzene rings is 3. The first-order chi connectivity index (χ1) is 15.6. The molecule has 0 bridgehead atoms. The Balaban J connectivity index is 1.75. The van der Waals surface area contributed by atoms with Gasteiger partial charge < -0.3 is 24.8 Å². The van der Waals surface area contributed by atoms with Crippen molar-refractivity contribution in [3.05, 3.63) is 66.2 Å². The maximum Gasteiger partial charge on any atom is 0.406 e. The Hall–Kier alpha value is -4.00. The van der Waals surface area contributed by atoms with Crippen LogP contribution in [0.15, 0.2) is 60.7 Å². The summed E-state index contributed by atoms with van der Waals surface area (Å²) < 4.78 is 16.0. The molecule has 0 saturated heterocycles. The first-order valence-corrected chi connectivity index (χ1v) is 10.3. The van der Waals surface area contributed by atoms with Gasteiger partial charge >= 0.3 is 6.09 Å². The van der Waals surface area contributed by atoms with Crippen molar-refractivity contribution in [3.63, 3.8) is 0 Å². The molecular formula is C25H25N3O4. The van der Waals surface area contributed by atoms with Crippen LogP contribution in [0.5, 0.6) is 11.5 Å². The monoisotopic (exact) mass is 431 g/mol. The highest BCUT2D eigenvalue weighted by atomic mass is 16.5. The number of methoxy groups -OCH3 is 2. The fourth-order valence-electron chi connectivity index (χ4n) is 3.57. The molecule has 3 aromatic carbocycles. The van der Waals surface area contributed by atoms with Gasteiger partial charge in [0.2, 0.25) is 0 Å². The van der Waals surface area contributed by atoms with E-state index in [9.17, 15) is 4.79 Å². The Morgan fingerprint density at radius 1 is 0.906 bits per heavy atom. The number of rotatable bonds is 7. The van der Waals surface area contributed by atoms with Crippen molar-refractivity contribution in [2.45, 2.75) is 6.42 Å². The summed E-state index contributed by atoms with van der Waals surface area (Å²) in [6.07, 6.45) is 0.180. The quantitative estimate of drug-likeness (QED) is 0.399. The Morgan fingerprint density at radius 3 is 2.16 bits per heavy atom. The lowest BCUT2D eigenvalue weighted by molar-refractivity contribution is 0.150. The lowest BCUT2D eigenvalue weighted by atomic mass is 10.1. The van der Waals surface area contributed by atoms with Crippen LogP contribution < -0.4 is 20.1 Å². The molecule has 0 aliphatic rings. The largest absolute Gasteiger partial charge is 0.497 e. The first kappa shape index (κ1) is 21.2. The molecule has 32 heavy (non-hydrogen) atoms. The van der Waals surface area contributed by atoms with Crippen LogP contribution in [0.3, 0.4) is 0 Å². The number of anilines is 2. The number of carbonyl (C=O) groups excluding carboxylic acids is 1. The number of nitrogens with one attached hydrogen (secondary N) is 2. The van der Waals surface area contributed by atoms with Gasteiger partial charge in [0.25, 0.3) is 0 Å². The highest BCUT2D eigenvalue weighted by molar-refractivity contribution is 6.09. The molecule has 1 aromatic heterocycles. The number of hydrogen-bond acceptors (Lipinski definition) is 6. The van der Waals surface area contributed by atoms with Crippen LogP contribution in [0.25, 0.3) is 21.8 Å². The van der Waals surface area contributed by atoms with E-state index < -0.39 is 6.09 Å². The van der Waals surface area contributed by atoms with Gasteiger partial charge in [-0.2, -0.15) is 0 Å². The predicted molar refractivity (Wildman–Crippen MR) is 126 cm³/mol. The fourth-order valence-corrected chi connectivity index (χ4v) is 3.57. The summed E-state index contributed by atoms with van der Waals surface area (Å²) in [5.74, 6) is 1.51. The lowest BCUT2D eigenvalue weighted by Crippen LogP contribution is -2.20. The molecule has 4 aromatic rings. The third kappa shape index (κ3) is 4.51. The number of nitrogens with zero attached hydrogens (tertiary/aromatic N) is 1. The zero-order valence-electron chi connectivity index (χ0n) is 18.3. The predicted octanol–water partition coefficient (Wildman–Crippen LogP) is 5.05. The summed E-state index contributed by atoms with van der Waals surface area (Å²) in [6, 6.07) is 19.7. The molecule has 0 radical (unpaired) electrons. The van der Waals surface area contributed by atoms with Gasteiger partial charge in [-0.05, 0) is 54.1 Å². The van der Waals surface area contributed by atoms with E-state index in [4.69, 9.17) is 19.2 Å². The normalized spacial score (nSPS) is 10.7. The Morgan fingerprint density at radius 2 is 1.56 bits per heavy atom. The average Bonchev–Trinajstić information content (AvgIpc) is 2.83. The van der Waals surface area contributed by atoms with E-state index >= 15 is 0 Å². The number of aromatic nitrogens is 1. The highest BCUT2D eigenvalue weighted by Crippen LogP contribution is 2.36. The van der Waals surface area contributed by atoms with E-state index in [2.05, 4.69) is 10.6 Å². The van der Waals surface area contributed by atoms with Crippen LogP contribution in [-0.4, -0.2) is 39.0 Å². The molecule has 0 spiro atoms. The van der Waals surface area contributed by atoms with Crippen molar-refractivity contribution in [2.24, 2.45) is 0 Å². The molecular weight excluding hydrogens is 406 g/mol. The molecule has 0 atom stereocenters. The number of fused-ring (bicyclic) bond motifs is 2. The standard InChI is InChI=1S/C25H25N3O4/c1-26-25(29)32-12-11-16-5-4-6-17(13-16)27-24-20-14-18(30-2)7-9-22(20)28-23-10-8-19(31-3)15-21(23)24/h4-10,13-15H,11-12H2,1-3H3,(H,26,29)(H,27,28). The maximum absolute atomic E-state index is 11.3. The molecule has 0 aliphatic heterocycles. The van der Waals surface area contributed by atoms with E-state index in [1.807, 2.05) is 60.7 Å². The zero-order valence-corrected chi connectivity index (χ0v) is 18.3. The summed E-state index contributed by atoms with van der Waals surface area (Å²) in [6.45, 7) is 0.304. The summed E-state index contributed by atoms with van der Waals surface area (Å²) in [5, 5.41) is 7.91. The summed E-state index contributed by atoms with van der Waals surface area (Å²) in [5.41, 5.74) is 4.61. The number of pyridine rings is 1. The van der Waals surface area contributed by atoms with Crippen LogP contribution in [0.2, 0.25) is 0 Å². The molecule has 0 fully saturated rings. The van der Waals surface area contributed by atoms with E-state index in [-0.39, 0.29) is 0 Å². The van der Waals surface area contributed by atoms with Crippen molar-refractivity contribution < 1.29 is 19.0 Å². The van der Waals surface area contributed by atoms with Crippen molar-refractivity contribution in [3.8, 4) is 11.5 Å².